The van der Waals surface area contributed by atoms with Crippen LogP contribution in [0.4, 0.5) is 10.5 Å². The van der Waals surface area contributed by atoms with Crippen LogP contribution in [0.25, 0.3) is 0 Å². The van der Waals surface area contributed by atoms with Crippen LogP contribution < -0.4 is 10.6 Å². The largest absolute Gasteiger partial charge is 0.339 e. The minimum atomic E-state index is -0.323. The minimum Gasteiger partial charge on any atom is -0.339 e. The maximum atomic E-state index is 12.9. The van der Waals surface area contributed by atoms with Crippen LogP contribution >= 0.6 is 0 Å². The van der Waals surface area contributed by atoms with Crippen molar-refractivity contribution in [1.29, 1.82) is 0 Å². The molecule has 0 saturated carbocycles. The van der Waals surface area contributed by atoms with Gasteiger partial charge in [0.1, 0.15) is 0 Å². The van der Waals surface area contributed by atoms with Gasteiger partial charge in [-0.1, -0.05) is 65.8 Å². The lowest BCUT2D eigenvalue weighted by Gasteiger charge is -2.18. The number of hydrogen-bond acceptors (Lipinski definition) is 5. The summed E-state index contributed by atoms with van der Waals surface area (Å²) in [5, 5.41) is 14.5. The first-order valence-electron chi connectivity index (χ1n) is 10.5. The molecule has 0 aliphatic heterocycles. The van der Waals surface area contributed by atoms with E-state index in [9.17, 15) is 4.79 Å². The van der Waals surface area contributed by atoms with Gasteiger partial charge in [0.25, 0.3) is 0 Å². The van der Waals surface area contributed by atoms with Crippen LogP contribution in [0.15, 0.2) is 65.2 Å². The zero-order chi connectivity index (χ0) is 22.5. The Morgan fingerprint density at radius 1 is 1.03 bits per heavy atom. The Bertz CT molecular complexity index is 1180. The van der Waals surface area contributed by atoms with E-state index in [0.29, 0.717) is 30.4 Å². The van der Waals surface area contributed by atoms with E-state index in [0.717, 1.165) is 22.5 Å². The van der Waals surface area contributed by atoms with Crippen LogP contribution in [-0.4, -0.2) is 26.0 Å². The summed E-state index contributed by atoms with van der Waals surface area (Å²) in [5.41, 5.74) is 4.46. The van der Waals surface area contributed by atoms with Crippen LogP contribution in [0.5, 0.6) is 0 Å². The molecular weight excluding hydrogens is 404 g/mol. The molecule has 2 aromatic carbocycles. The van der Waals surface area contributed by atoms with E-state index in [1.807, 2.05) is 67.1 Å². The number of anilines is 1. The Morgan fingerprint density at radius 3 is 2.38 bits per heavy atom. The van der Waals surface area contributed by atoms with E-state index in [1.165, 1.54) is 0 Å². The number of urea groups is 1. The molecule has 0 saturated heterocycles. The van der Waals surface area contributed by atoms with E-state index in [-0.39, 0.29) is 12.1 Å². The highest BCUT2D eigenvalue weighted by Crippen LogP contribution is 2.22. The number of nitrogens with one attached hydrogen (secondary N) is 2. The first-order chi connectivity index (χ1) is 15.5. The summed E-state index contributed by atoms with van der Waals surface area (Å²) >= 11 is 0. The number of aryl methyl sites for hydroxylation is 2. The van der Waals surface area contributed by atoms with Crippen molar-refractivity contribution >= 4 is 11.7 Å². The molecule has 2 N–H and O–H groups in total. The molecule has 1 atom stereocenters. The van der Waals surface area contributed by atoms with Crippen molar-refractivity contribution in [1.82, 2.24) is 25.2 Å². The summed E-state index contributed by atoms with van der Waals surface area (Å²) in [7, 11) is 0. The predicted molar refractivity (Wildman–Crippen MR) is 121 cm³/mol. The number of benzene rings is 2. The third-order valence-electron chi connectivity index (χ3n) is 5.25. The van der Waals surface area contributed by atoms with Crippen LogP contribution in [0, 0.1) is 20.8 Å². The average Bonchev–Trinajstić information content (AvgIpc) is 3.32. The van der Waals surface area contributed by atoms with Crippen molar-refractivity contribution < 1.29 is 9.32 Å². The number of amides is 2. The van der Waals surface area contributed by atoms with E-state index in [1.54, 1.807) is 6.92 Å². The van der Waals surface area contributed by atoms with Crippen molar-refractivity contribution in [3.63, 3.8) is 0 Å². The number of aromatic nitrogens is 4. The molecule has 8 heteroatoms. The molecule has 2 amide bonds. The number of nitrogens with zero attached hydrogens (tertiary/aromatic N) is 4. The van der Waals surface area contributed by atoms with Gasteiger partial charge >= 0.3 is 6.03 Å². The fourth-order valence-corrected chi connectivity index (χ4v) is 3.63. The summed E-state index contributed by atoms with van der Waals surface area (Å²) in [5.74, 6) is 1.04. The quantitative estimate of drug-likeness (QED) is 0.454. The lowest BCUT2D eigenvalue weighted by atomic mass is 10.0. The number of hydrogen-bond donors (Lipinski definition) is 2. The molecule has 2 heterocycles. The standard InChI is InChI=1S/C24H26N6O2/c1-16-23(17(2)30(28-16)15-19-10-6-4-7-11-19)27-24(31)26-21(20-12-8-5-9-13-20)14-22-25-18(3)29-32-22/h4-13,21H,14-15H2,1-3H3,(H2,26,27,31). The van der Waals surface area contributed by atoms with E-state index in [2.05, 4.69) is 38.0 Å². The highest BCUT2D eigenvalue weighted by Gasteiger charge is 2.20. The third kappa shape index (κ3) is 5.03. The van der Waals surface area contributed by atoms with Crippen molar-refractivity contribution in [2.24, 2.45) is 0 Å². The molecule has 0 bridgehead atoms. The summed E-state index contributed by atoms with van der Waals surface area (Å²) in [6, 6.07) is 19.2. The maximum absolute atomic E-state index is 12.9. The molecule has 4 rings (SSSR count). The molecule has 0 spiro atoms. The Balaban J connectivity index is 1.49. The van der Waals surface area contributed by atoms with Gasteiger partial charge in [-0.25, -0.2) is 4.79 Å². The fraction of sp³-hybridized carbons (Fsp3) is 0.250. The molecule has 164 valence electrons. The fourth-order valence-electron chi connectivity index (χ4n) is 3.63. The molecule has 1 unspecified atom stereocenters. The van der Waals surface area contributed by atoms with E-state index >= 15 is 0 Å². The normalized spacial score (nSPS) is 11.8. The average molecular weight is 431 g/mol. The van der Waals surface area contributed by atoms with Crippen LogP contribution in [0.3, 0.4) is 0 Å². The maximum Gasteiger partial charge on any atom is 0.319 e. The summed E-state index contributed by atoms with van der Waals surface area (Å²) in [6.45, 7) is 6.25. The second-order valence-electron chi connectivity index (χ2n) is 7.69. The van der Waals surface area contributed by atoms with E-state index in [4.69, 9.17) is 4.52 Å². The molecule has 0 radical (unpaired) electrons. The van der Waals surface area contributed by atoms with Crippen molar-refractivity contribution in [2.45, 2.75) is 39.8 Å². The molecule has 0 aliphatic carbocycles. The highest BCUT2D eigenvalue weighted by atomic mass is 16.5. The summed E-state index contributed by atoms with van der Waals surface area (Å²) < 4.78 is 7.17. The van der Waals surface area contributed by atoms with Crippen molar-refractivity contribution in [3.05, 3.63) is 94.9 Å². The first kappa shape index (κ1) is 21.3. The van der Waals surface area contributed by atoms with Gasteiger partial charge in [-0.15, -0.1) is 0 Å². The van der Waals surface area contributed by atoms with Gasteiger partial charge in [-0.2, -0.15) is 10.1 Å². The first-order valence-corrected chi connectivity index (χ1v) is 10.5. The molecule has 4 aromatic rings. The zero-order valence-corrected chi connectivity index (χ0v) is 18.4. The molecule has 2 aromatic heterocycles. The SMILES string of the molecule is Cc1noc(CC(NC(=O)Nc2c(C)nn(Cc3ccccc3)c2C)c2ccccc2)n1. The molecule has 32 heavy (non-hydrogen) atoms. The van der Waals surface area contributed by atoms with Gasteiger partial charge < -0.3 is 15.2 Å². The Kier molecular flexibility index (Phi) is 6.30. The van der Waals surface area contributed by atoms with E-state index < -0.39 is 0 Å². The topological polar surface area (TPSA) is 97.9 Å². The third-order valence-corrected chi connectivity index (χ3v) is 5.25. The zero-order valence-electron chi connectivity index (χ0n) is 18.4. The lowest BCUT2D eigenvalue weighted by molar-refractivity contribution is 0.247. The van der Waals surface area contributed by atoms with Crippen molar-refractivity contribution in [3.8, 4) is 0 Å². The number of carbonyl (C=O) groups excluding carboxylic acids is 1. The predicted octanol–water partition coefficient (Wildman–Crippen LogP) is 4.35. The van der Waals surface area contributed by atoms with Crippen LogP contribution in [-0.2, 0) is 13.0 Å². The number of carbonyl (C=O) groups is 1. The monoisotopic (exact) mass is 430 g/mol. The van der Waals surface area contributed by atoms with Crippen molar-refractivity contribution in [2.75, 3.05) is 5.32 Å². The molecular formula is C24H26N6O2. The summed E-state index contributed by atoms with van der Waals surface area (Å²) in [6.07, 6.45) is 0.392. The van der Waals surface area contributed by atoms with Crippen LogP contribution in [0.1, 0.15) is 40.3 Å². The Hall–Kier alpha value is -3.94. The summed E-state index contributed by atoms with van der Waals surface area (Å²) in [4.78, 5) is 17.2. The van der Waals surface area contributed by atoms with Gasteiger partial charge in [0.2, 0.25) is 5.89 Å². The number of rotatable bonds is 7. The van der Waals surface area contributed by atoms with Gasteiger partial charge in [-0.3, -0.25) is 4.68 Å². The van der Waals surface area contributed by atoms with Crippen LogP contribution in [0.2, 0.25) is 0 Å². The highest BCUT2D eigenvalue weighted by molar-refractivity contribution is 5.90. The minimum absolute atomic E-state index is 0.319. The smallest absolute Gasteiger partial charge is 0.319 e. The molecule has 8 nitrogen and oxygen atoms in total. The lowest BCUT2D eigenvalue weighted by Crippen LogP contribution is -2.34. The van der Waals surface area contributed by atoms with Gasteiger partial charge in [-0.05, 0) is 31.9 Å². The Morgan fingerprint density at radius 2 is 1.72 bits per heavy atom. The van der Waals surface area contributed by atoms with Gasteiger partial charge in [0.05, 0.1) is 36.1 Å². The second-order valence-corrected chi connectivity index (χ2v) is 7.69. The Labute approximate surface area is 186 Å². The second kappa shape index (κ2) is 9.47. The molecule has 0 aliphatic rings. The van der Waals surface area contributed by atoms with Gasteiger partial charge in [0.15, 0.2) is 5.82 Å². The van der Waals surface area contributed by atoms with Gasteiger partial charge in [0, 0.05) is 0 Å². The molecule has 0 fully saturated rings.